The van der Waals surface area contributed by atoms with Crippen molar-refractivity contribution in [3.63, 3.8) is 0 Å². The molecule has 0 aromatic carbocycles. The van der Waals surface area contributed by atoms with Crippen LogP contribution < -0.4 is 16.6 Å². The molecule has 1 aliphatic heterocycles. The fraction of sp³-hybridized carbons (Fsp3) is 0.667. The quantitative estimate of drug-likeness (QED) is 0.788. The van der Waals surface area contributed by atoms with E-state index in [0.717, 1.165) is 43.6 Å². The fourth-order valence-corrected chi connectivity index (χ4v) is 2.72. The van der Waals surface area contributed by atoms with Crippen molar-refractivity contribution in [2.45, 2.75) is 26.3 Å². The maximum Gasteiger partial charge on any atom is 0.331 e. The molecule has 0 radical (unpaired) electrons. The fourth-order valence-electron chi connectivity index (χ4n) is 2.72. The molecule has 1 amide bonds. The first-order valence-corrected chi connectivity index (χ1v) is 7.78. The number of rotatable bonds is 5. The summed E-state index contributed by atoms with van der Waals surface area (Å²) in [6.07, 6.45) is 3.36. The van der Waals surface area contributed by atoms with Gasteiger partial charge in [0, 0.05) is 32.4 Å². The van der Waals surface area contributed by atoms with Crippen LogP contribution in [0.1, 0.15) is 19.8 Å². The Morgan fingerprint density at radius 2 is 2.00 bits per heavy atom. The minimum atomic E-state index is -0.456. The molecule has 0 spiro atoms. The molecular formula is C15H24N4O3. The van der Waals surface area contributed by atoms with Gasteiger partial charge < -0.3 is 10.2 Å². The van der Waals surface area contributed by atoms with Crippen LogP contribution >= 0.6 is 0 Å². The molecule has 1 aliphatic rings. The molecule has 7 heteroatoms. The van der Waals surface area contributed by atoms with E-state index in [1.54, 1.807) is 4.90 Å². The van der Waals surface area contributed by atoms with Crippen LogP contribution in [0.4, 0.5) is 0 Å². The number of carbonyl (C=O) groups excluding carboxylic acids is 1. The summed E-state index contributed by atoms with van der Waals surface area (Å²) in [6, 6.07) is 1.30. The van der Waals surface area contributed by atoms with Gasteiger partial charge in [0.15, 0.2) is 0 Å². The Labute approximate surface area is 129 Å². The molecule has 1 saturated heterocycles. The summed E-state index contributed by atoms with van der Waals surface area (Å²) in [5, 5.41) is 3.34. The topological polar surface area (TPSA) is 76.3 Å². The van der Waals surface area contributed by atoms with Crippen molar-refractivity contribution in [3.05, 3.63) is 33.1 Å². The van der Waals surface area contributed by atoms with E-state index in [4.69, 9.17) is 0 Å². The van der Waals surface area contributed by atoms with Crippen molar-refractivity contribution in [1.82, 2.24) is 19.4 Å². The average Bonchev–Trinajstić information content (AvgIpc) is 2.54. The average molecular weight is 308 g/mol. The first-order valence-electron chi connectivity index (χ1n) is 7.78. The Balaban J connectivity index is 1.93. The molecular weight excluding hydrogens is 284 g/mol. The molecule has 122 valence electrons. The number of piperidine rings is 1. The zero-order valence-electron chi connectivity index (χ0n) is 13.2. The van der Waals surface area contributed by atoms with Gasteiger partial charge >= 0.3 is 5.69 Å². The van der Waals surface area contributed by atoms with Gasteiger partial charge in [0.25, 0.3) is 5.56 Å². The maximum atomic E-state index is 12.3. The van der Waals surface area contributed by atoms with Crippen molar-refractivity contribution in [2.24, 2.45) is 13.0 Å². The molecule has 1 aromatic heterocycles. The van der Waals surface area contributed by atoms with Crippen molar-refractivity contribution in [2.75, 3.05) is 26.2 Å². The second-order valence-corrected chi connectivity index (χ2v) is 5.76. The summed E-state index contributed by atoms with van der Waals surface area (Å²) in [7, 11) is 1.41. The third-order valence-corrected chi connectivity index (χ3v) is 4.22. The molecule has 0 unspecified atom stereocenters. The largest absolute Gasteiger partial charge is 0.341 e. The van der Waals surface area contributed by atoms with Crippen LogP contribution in [-0.4, -0.2) is 46.1 Å². The van der Waals surface area contributed by atoms with Gasteiger partial charge in [0.1, 0.15) is 6.54 Å². The van der Waals surface area contributed by atoms with E-state index in [2.05, 4.69) is 12.2 Å². The Kier molecular flexibility index (Phi) is 5.54. The van der Waals surface area contributed by atoms with E-state index < -0.39 is 5.69 Å². The number of amides is 1. The highest BCUT2D eigenvalue weighted by atomic mass is 16.2. The lowest BCUT2D eigenvalue weighted by molar-refractivity contribution is -0.133. The predicted molar refractivity (Wildman–Crippen MR) is 83.8 cm³/mol. The van der Waals surface area contributed by atoms with Gasteiger partial charge in [-0.2, -0.15) is 0 Å². The number of likely N-dealkylation sites (tertiary alicyclic amines) is 1. The van der Waals surface area contributed by atoms with E-state index in [0.29, 0.717) is 5.92 Å². The normalized spacial score (nSPS) is 16.0. The summed E-state index contributed by atoms with van der Waals surface area (Å²) in [6.45, 7) is 5.51. The standard InChI is InChI=1S/C15H24N4O3/c1-3-16-10-12-4-7-18(8-5-12)14(21)11-19-9-6-13(20)17(2)15(19)22/h6,9,12,16H,3-5,7-8,10-11H2,1-2H3. The zero-order chi connectivity index (χ0) is 16.1. The highest BCUT2D eigenvalue weighted by molar-refractivity contribution is 5.76. The van der Waals surface area contributed by atoms with Gasteiger partial charge in [-0.3, -0.25) is 18.7 Å². The molecule has 7 nitrogen and oxygen atoms in total. The highest BCUT2D eigenvalue weighted by Crippen LogP contribution is 2.16. The molecule has 1 aromatic rings. The monoisotopic (exact) mass is 308 g/mol. The van der Waals surface area contributed by atoms with Gasteiger partial charge in [-0.05, 0) is 31.8 Å². The van der Waals surface area contributed by atoms with Crippen LogP contribution in [0.15, 0.2) is 21.9 Å². The molecule has 1 fully saturated rings. The van der Waals surface area contributed by atoms with Crippen LogP contribution in [0.5, 0.6) is 0 Å². The lowest BCUT2D eigenvalue weighted by atomic mass is 9.97. The number of hydrogen-bond donors (Lipinski definition) is 1. The van der Waals surface area contributed by atoms with Crippen molar-refractivity contribution in [3.8, 4) is 0 Å². The molecule has 2 heterocycles. The van der Waals surface area contributed by atoms with E-state index in [-0.39, 0.29) is 18.0 Å². The number of nitrogens with zero attached hydrogens (tertiary/aromatic N) is 3. The predicted octanol–water partition coefficient (Wildman–Crippen LogP) is -0.605. The summed E-state index contributed by atoms with van der Waals surface area (Å²) in [4.78, 5) is 37.4. The summed E-state index contributed by atoms with van der Waals surface area (Å²) < 4.78 is 2.30. The van der Waals surface area contributed by atoms with Crippen molar-refractivity contribution in [1.29, 1.82) is 0 Å². The van der Waals surface area contributed by atoms with E-state index in [9.17, 15) is 14.4 Å². The number of aromatic nitrogens is 2. The van der Waals surface area contributed by atoms with Gasteiger partial charge in [-0.1, -0.05) is 6.92 Å². The zero-order valence-corrected chi connectivity index (χ0v) is 13.2. The third kappa shape index (κ3) is 3.85. The maximum absolute atomic E-state index is 12.3. The second kappa shape index (κ2) is 7.40. The lowest BCUT2D eigenvalue weighted by Crippen LogP contribution is -2.44. The van der Waals surface area contributed by atoms with Crippen molar-refractivity contribution < 1.29 is 4.79 Å². The first-order chi connectivity index (χ1) is 10.5. The third-order valence-electron chi connectivity index (χ3n) is 4.22. The van der Waals surface area contributed by atoms with Crippen LogP contribution in [0.3, 0.4) is 0 Å². The van der Waals surface area contributed by atoms with Crippen LogP contribution in [0.25, 0.3) is 0 Å². The smallest absolute Gasteiger partial charge is 0.331 e. The van der Waals surface area contributed by atoms with Gasteiger partial charge in [-0.15, -0.1) is 0 Å². The van der Waals surface area contributed by atoms with Crippen LogP contribution in [0, 0.1) is 5.92 Å². The van der Waals surface area contributed by atoms with Gasteiger partial charge in [-0.25, -0.2) is 4.79 Å². The second-order valence-electron chi connectivity index (χ2n) is 5.76. The molecule has 2 rings (SSSR count). The van der Waals surface area contributed by atoms with Gasteiger partial charge in [0.2, 0.25) is 5.91 Å². The summed E-state index contributed by atoms with van der Waals surface area (Å²) in [5.41, 5.74) is -0.819. The molecule has 1 N–H and O–H groups in total. The van der Waals surface area contributed by atoms with E-state index >= 15 is 0 Å². The minimum absolute atomic E-state index is 0.00910. The molecule has 22 heavy (non-hydrogen) atoms. The SMILES string of the molecule is CCNCC1CCN(C(=O)Cn2ccc(=O)n(C)c2=O)CC1. The first kappa shape index (κ1) is 16.5. The Morgan fingerprint density at radius 3 is 2.64 bits per heavy atom. The highest BCUT2D eigenvalue weighted by Gasteiger charge is 2.22. The summed E-state index contributed by atoms with van der Waals surface area (Å²) >= 11 is 0. The van der Waals surface area contributed by atoms with Crippen LogP contribution in [0.2, 0.25) is 0 Å². The molecule has 0 saturated carbocycles. The van der Waals surface area contributed by atoms with Crippen LogP contribution in [-0.2, 0) is 18.4 Å². The lowest BCUT2D eigenvalue weighted by Gasteiger charge is -2.32. The van der Waals surface area contributed by atoms with E-state index in [1.807, 2.05) is 0 Å². The molecule has 0 atom stereocenters. The number of nitrogens with one attached hydrogen (secondary N) is 1. The number of hydrogen-bond acceptors (Lipinski definition) is 4. The minimum Gasteiger partial charge on any atom is -0.341 e. The summed E-state index contributed by atoms with van der Waals surface area (Å²) in [5.74, 6) is 0.548. The Bertz CT molecular complexity index is 626. The molecule has 0 bridgehead atoms. The Morgan fingerprint density at radius 1 is 1.32 bits per heavy atom. The molecule has 0 aliphatic carbocycles. The number of carbonyl (C=O) groups is 1. The Hall–Kier alpha value is -1.89. The van der Waals surface area contributed by atoms with E-state index in [1.165, 1.54) is 23.9 Å². The van der Waals surface area contributed by atoms with Gasteiger partial charge in [0.05, 0.1) is 0 Å². The van der Waals surface area contributed by atoms with Crippen molar-refractivity contribution >= 4 is 5.91 Å².